The number of carboxylic acids is 1. The van der Waals surface area contributed by atoms with Crippen LogP contribution in [0.5, 0.6) is 5.75 Å². The van der Waals surface area contributed by atoms with Crippen LogP contribution in [0.4, 0.5) is 5.69 Å². The Morgan fingerprint density at radius 1 is 1.35 bits per heavy atom. The maximum absolute atomic E-state index is 12.1. The first-order valence-electron chi connectivity index (χ1n) is 5.48. The van der Waals surface area contributed by atoms with Gasteiger partial charge in [-0.2, -0.15) is 0 Å². The van der Waals surface area contributed by atoms with Crippen LogP contribution in [0.25, 0.3) is 0 Å². The van der Waals surface area contributed by atoms with Gasteiger partial charge in [0.1, 0.15) is 10.6 Å². The summed E-state index contributed by atoms with van der Waals surface area (Å²) in [6.45, 7) is 0. The number of halogens is 1. The summed E-state index contributed by atoms with van der Waals surface area (Å²) in [5.41, 5.74) is 0.254. The normalized spacial score (nSPS) is 10.1. The first-order valence-corrected chi connectivity index (χ1v) is 7.16. The number of nitrogens with one attached hydrogen (secondary N) is 1. The Morgan fingerprint density at radius 3 is 2.75 bits per heavy atom. The maximum Gasteiger partial charge on any atom is 0.337 e. The van der Waals surface area contributed by atoms with E-state index in [2.05, 4.69) is 21.2 Å². The highest BCUT2D eigenvalue weighted by Crippen LogP contribution is 2.27. The molecule has 0 saturated heterocycles. The third-order valence-electron chi connectivity index (χ3n) is 2.52. The lowest BCUT2D eigenvalue weighted by atomic mass is 10.2. The summed E-state index contributed by atoms with van der Waals surface area (Å²) in [6, 6.07) is 6.31. The molecular weight excluding hydrogens is 346 g/mol. The van der Waals surface area contributed by atoms with Gasteiger partial charge in [0.2, 0.25) is 0 Å². The van der Waals surface area contributed by atoms with E-state index in [0.29, 0.717) is 15.1 Å². The topological polar surface area (TPSA) is 75.6 Å². The molecule has 0 fully saturated rings. The molecule has 104 valence electrons. The average Bonchev–Trinajstić information content (AvgIpc) is 2.89. The molecule has 1 aromatic heterocycles. The Morgan fingerprint density at radius 2 is 2.10 bits per heavy atom. The first-order chi connectivity index (χ1) is 9.52. The van der Waals surface area contributed by atoms with Crippen molar-refractivity contribution >= 4 is 44.8 Å². The summed E-state index contributed by atoms with van der Waals surface area (Å²) in [5, 5.41) is 13.5. The molecule has 1 aromatic carbocycles. The van der Waals surface area contributed by atoms with E-state index in [1.54, 1.807) is 17.5 Å². The fraction of sp³-hybridized carbons (Fsp3) is 0.0769. The van der Waals surface area contributed by atoms with E-state index in [1.165, 1.54) is 30.6 Å². The van der Waals surface area contributed by atoms with Gasteiger partial charge in [0.25, 0.3) is 5.91 Å². The van der Waals surface area contributed by atoms with Gasteiger partial charge in [-0.25, -0.2) is 4.79 Å². The number of thiophene rings is 1. The summed E-state index contributed by atoms with van der Waals surface area (Å²) >= 11 is 4.42. The molecule has 7 heteroatoms. The molecule has 0 atom stereocenters. The van der Waals surface area contributed by atoms with E-state index in [1.807, 2.05) is 0 Å². The molecule has 2 aromatic rings. The van der Waals surface area contributed by atoms with Crippen LogP contribution in [0.15, 0.2) is 34.1 Å². The molecule has 2 N–H and O–H groups in total. The lowest BCUT2D eigenvalue weighted by Crippen LogP contribution is -2.14. The summed E-state index contributed by atoms with van der Waals surface area (Å²) < 4.78 is 5.69. The third kappa shape index (κ3) is 3.00. The predicted octanol–water partition coefficient (Wildman–Crippen LogP) is 3.47. The number of rotatable bonds is 4. The zero-order chi connectivity index (χ0) is 14.7. The van der Waals surface area contributed by atoms with Gasteiger partial charge in [-0.3, -0.25) is 4.79 Å². The van der Waals surface area contributed by atoms with Crippen molar-refractivity contribution in [3.05, 3.63) is 44.6 Å². The SMILES string of the molecule is COc1ccsc1C(=O)Nc1ccc(Br)cc1C(=O)O. The fourth-order valence-electron chi connectivity index (χ4n) is 1.61. The third-order valence-corrected chi connectivity index (χ3v) is 3.90. The summed E-state index contributed by atoms with van der Waals surface area (Å²) in [4.78, 5) is 23.7. The van der Waals surface area contributed by atoms with Gasteiger partial charge in [-0.15, -0.1) is 11.3 Å². The van der Waals surface area contributed by atoms with Crippen molar-refractivity contribution in [3.8, 4) is 5.75 Å². The quantitative estimate of drug-likeness (QED) is 0.880. The van der Waals surface area contributed by atoms with Crippen molar-refractivity contribution in [1.82, 2.24) is 0 Å². The summed E-state index contributed by atoms with van der Waals surface area (Å²) in [6.07, 6.45) is 0. The lowest BCUT2D eigenvalue weighted by molar-refractivity contribution is 0.0698. The highest BCUT2D eigenvalue weighted by atomic mass is 79.9. The number of carbonyl (C=O) groups is 2. The maximum atomic E-state index is 12.1. The fourth-order valence-corrected chi connectivity index (χ4v) is 2.72. The second-order valence-corrected chi connectivity index (χ2v) is 5.60. The number of hydrogen-bond donors (Lipinski definition) is 2. The molecule has 0 spiro atoms. The Kier molecular flexibility index (Phi) is 4.41. The van der Waals surface area contributed by atoms with Crippen LogP contribution in [-0.4, -0.2) is 24.1 Å². The number of aromatic carboxylic acids is 1. The van der Waals surface area contributed by atoms with Crippen molar-refractivity contribution in [2.75, 3.05) is 12.4 Å². The Balaban J connectivity index is 2.31. The van der Waals surface area contributed by atoms with Gasteiger partial charge in [0, 0.05) is 4.47 Å². The van der Waals surface area contributed by atoms with Gasteiger partial charge in [-0.1, -0.05) is 15.9 Å². The van der Waals surface area contributed by atoms with Gasteiger partial charge in [0.15, 0.2) is 0 Å². The monoisotopic (exact) mass is 355 g/mol. The predicted molar refractivity (Wildman–Crippen MR) is 79.9 cm³/mol. The second kappa shape index (κ2) is 6.06. The van der Waals surface area contributed by atoms with E-state index < -0.39 is 11.9 Å². The molecule has 0 aliphatic rings. The van der Waals surface area contributed by atoms with Gasteiger partial charge < -0.3 is 15.2 Å². The Labute approximate surface area is 127 Å². The van der Waals surface area contributed by atoms with Crippen molar-refractivity contribution in [1.29, 1.82) is 0 Å². The smallest absolute Gasteiger partial charge is 0.337 e. The number of carboxylic acid groups (broad SMARTS) is 1. The number of hydrogen-bond acceptors (Lipinski definition) is 4. The molecule has 0 saturated carbocycles. The van der Waals surface area contributed by atoms with Gasteiger partial charge in [-0.05, 0) is 29.6 Å². The van der Waals surface area contributed by atoms with Crippen LogP contribution < -0.4 is 10.1 Å². The molecule has 0 aliphatic heterocycles. The van der Waals surface area contributed by atoms with E-state index in [4.69, 9.17) is 9.84 Å². The molecule has 2 rings (SSSR count). The van der Waals surface area contributed by atoms with Crippen LogP contribution in [-0.2, 0) is 0 Å². The van der Waals surface area contributed by atoms with E-state index in [0.717, 1.165) is 0 Å². The number of methoxy groups -OCH3 is 1. The molecule has 1 amide bonds. The van der Waals surface area contributed by atoms with Crippen molar-refractivity contribution in [2.24, 2.45) is 0 Å². The van der Waals surface area contributed by atoms with Crippen LogP contribution in [0.1, 0.15) is 20.0 Å². The van der Waals surface area contributed by atoms with Crippen molar-refractivity contribution < 1.29 is 19.4 Å². The number of carbonyl (C=O) groups excluding carboxylic acids is 1. The second-order valence-electron chi connectivity index (χ2n) is 3.77. The zero-order valence-corrected chi connectivity index (χ0v) is 12.7. The first kappa shape index (κ1) is 14.5. The van der Waals surface area contributed by atoms with Gasteiger partial charge >= 0.3 is 5.97 Å². The largest absolute Gasteiger partial charge is 0.495 e. The number of amides is 1. The van der Waals surface area contributed by atoms with Crippen LogP contribution in [0.2, 0.25) is 0 Å². The Hall–Kier alpha value is -1.86. The van der Waals surface area contributed by atoms with E-state index >= 15 is 0 Å². The molecule has 0 bridgehead atoms. The van der Waals surface area contributed by atoms with Crippen molar-refractivity contribution in [3.63, 3.8) is 0 Å². The molecule has 20 heavy (non-hydrogen) atoms. The van der Waals surface area contributed by atoms with Crippen LogP contribution in [0.3, 0.4) is 0 Å². The minimum atomic E-state index is -1.11. The minimum Gasteiger partial charge on any atom is -0.495 e. The molecule has 0 aliphatic carbocycles. The Bertz CT molecular complexity index is 668. The van der Waals surface area contributed by atoms with Gasteiger partial charge in [0.05, 0.1) is 18.4 Å². The number of benzene rings is 1. The minimum absolute atomic E-state index is 0.0169. The van der Waals surface area contributed by atoms with Crippen LogP contribution >= 0.6 is 27.3 Å². The summed E-state index contributed by atoms with van der Waals surface area (Å²) in [7, 11) is 1.47. The molecule has 0 unspecified atom stereocenters. The highest BCUT2D eigenvalue weighted by molar-refractivity contribution is 9.10. The molecule has 5 nitrogen and oxygen atoms in total. The number of anilines is 1. The number of ether oxygens (including phenoxy) is 1. The summed E-state index contributed by atoms with van der Waals surface area (Å²) in [5.74, 6) is -1.05. The molecule has 1 heterocycles. The van der Waals surface area contributed by atoms with Crippen LogP contribution in [0, 0.1) is 0 Å². The highest BCUT2D eigenvalue weighted by Gasteiger charge is 2.17. The van der Waals surface area contributed by atoms with E-state index in [-0.39, 0.29) is 11.3 Å². The molecule has 0 radical (unpaired) electrons. The van der Waals surface area contributed by atoms with Crippen molar-refractivity contribution in [2.45, 2.75) is 0 Å². The zero-order valence-electron chi connectivity index (χ0n) is 10.3. The average molecular weight is 356 g/mol. The lowest BCUT2D eigenvalue weighted by Gasteiger charge is -2.09. The standard InChI is InChI=1S/C13H10BrNO4S/c1-19-10-4-5-20-11(10)12(16)15-9-3-2-7(14)6-8(9)13(17)18/h2-6H,1H3,(H,15,16)(H,17,18). The molecular formula is C13H10BrNO4S. The van der Waals surface area contributed by atoms with E-state index in [9.17, 15) is 9.59 Å².